The molecule has 0 aromatic heterocycles. The molecule has 8 heteroatoms. The maximum Gasteiger partial charge on any atom is 0.265 e. The summed E-state index contributed by atoms with van der Waals surface area (Å²) in [6.45, 7) is 1.63. The van der Waals surface area contributed by atoms with Crippen LogP contribution in [0.25, 0.3) is 0 Å². The minimum atomic E-state index is -3.56. The first kappa shape index (κ1) is 13.0. The summed E-state index contributed by atoms with van der Waals surface area (Å²) in [4.78, 5) is 11.4. The highest BCUT2D eigenvalue weighted by atomic mass is 35.5. The van der Waals surface area contributed by atoms with Gasteiger partial charge in [-0.15, -0.1) is 11.6 Å². The molecule has 1 atom stereocenters. The Balaban J connectivity index is 2.28. The Kier molecular flexibility index (Phi) is 3.36. The molecular weight excluding hydrogens is 280 g/mol. The van der Waals surface area contributed by atoms with Gasteiger partial charge in [-0.3, -0.25) is 9.52 Å². The summed E-state index contributed by atoms with van der Waals surface area (Å²) in [7, 11) is -3.56. The second kappa shape index (κ2) is 4.66. The van der Waals surface area contributed by atoms with Crippen LogP contribution >= 0.6 is 11.6 Å². The van der Waals surface area contributed by atoms with Crippen molar-refractivity contribution >= 4 is 38.9 Å². The minimum Gasteiger partial charge on any atom is -0.479 e. The average molecular weight is 291 g/mol. The van der Waals surface area contributed by atoms with Crippen LogP contribution in [0.1, 0.15) is 6.92 Å². The van der Waals surface area contributed by atoms with E-state index in [4.69, 9.17) is 16.3 Å². The molecule has 0 bridgehead atoms. The number of halogens is 1. The number of hydrogen-bond acceptors (Lipinski definition) is 4. The number of nitrogens with one attached hydrogen (secondary N) is 2. The molecule has 1 aliphatic rings. The van der Waals surface area contributed by atoms with Gasteiger partial charge in [-0.05, 0) is 25.1 Å². The van der Waals surface area contributed by atoms with Crippen LogP contribution in [0.2, 0.25) is 0 Å². The van der Waals surface area contributed by atoms with Gasteiger partial charge in [0.1, 0.15) is 11.0 Å². The predicted octanol–water partition coefficient (Wildman–Crippen LogP) is 1.34. The summed E-state index contributed by atoms with van der Waals surface area (Å²) in [5, 5.41) is 2.08. The topological polar surface area (TPSA) is 84.5 Å². The predicted molar refractivity (Wildman–Crippen MR) is 68.4 cm³/mol. The van der Waals surface area contributed by atoms with Gasteiger partial charge in [0.25, 0.3) is 5.91 Å². The van der Waals surface area contributed by atoms with Crippen LogP contribution in [-0.4, -0.2) is 25.6 Å². The van der Waals surface area contributed by atoms with Gasteiger partial charge in [-0.1, -0.05) is 0 Å². The Bertz CT molecular complexity index is 588. The number of hydrogen-bond donors (Lipinski definition) is 2. The van der Waals surface area contributed by atoms with Crippen molar-refractivity contribution in [3.63, 3.8) is 0 Å². The van der Waals surface area contributed by atoms with Crippen molar-refractivity contribution < 1.29 is 17.9 Å². The molecule has 98 valence electrons. The van der Waals surface area contributed by atoms with E-state index in [9.17, 15) is 13.2 Å². The number of fused-ring (bicyclic) bond motifs is 1. The number of ether oxygens (including phenoxy) is 1. The lowest BCUT2D eigenvalue weighted by atomic mass is 10.2. The lowest BCUT2D eigenvalue weighted by Gasteiger charge is -2.23. The van der Waals surface area contributed by atoms with Crippen LogP contribution in [-0.2, 0) is 14.8 Å². The normalized spacial score (nSPS) is 18.6. The Morgan fingerprint density at radius 1 is 1.50 bits per heavy atom. The Morgan fingerprint density at radius 3 is 2.89 bits per heavy atom. The fourth-order valence-corrected chi connectivity index (χ4v) is 2.18. The van der Waals surface area contributed by atoms with E-state index in [-0.39, 0.29) is 5.91 Å². The lowest BCUT2D eigenvalue weighted by Crippen LogP contribution is -2.34. The van der Waals surface area contributed by atoms with Gasteiger partial charge < -0.3 is 10.1 Å². The van der Waals surface area contributed by atoms with E-state index in [1.54, 1.807) is 13.0 Å². The number of sulfonamides is 1. The molecule has 0 fully saturated rings. The van der Waals surface area contributed by atoms with Crippen molar-refractivity contribution in [1.82, 2.24) is 0 Å². The SMILES string of the molecule is CC1Oc2ccc(NS(=O)(=O)CCl)cc2NC1=O. The molecule has 1 amide bonds. The van der Waals surface area contributed by atoms with Crippen LogP contribution in [0.15, 0.2) is 18.2 Å². The Morgan fingerprint density at radius 2 is 2.22 bits per heavy atom. The first-order chi connectivity index (χ1) is 8.41. The van der Waals surface area contributed by atoms with Crippen LogP contribution in [0.4, 0.5) is 11.4 Å². The molecule has 1 aromatic rings. The number of rotatable bonds is 3. The van der Waals surface area contributed by atoms with E-state index in [1.165, 1.54) is 12.1 Å². The average Bonchev–Trinajstić information content (AvgIpc) is 2.31. The van der Waals surface area contributed by atoms with Gasteiger partial charge in [-0.25, -0.2) is 8.42 Å². The van der Waals surface area contributed by atoms with Crippen molar-refractivity contribution in [2.45, 2.75) is 13.0 Å². The Labute approximate surface area is 109 Å². The van der Waals surface area contributed by atoms with Crippen LogP contribution in [0, 0.1) is 0 Å². The number of anilines is 2. The van der Waals surface area contributed by atoms with E-state index >= 15 is 0 Å². The van der Waals surface area contributed by atoms with Gasteiger partial charge in [0.05, 0.1) is 11.4 Å². The highest BCUT2D eigenvalue weighted by Gasteiger charge is 2.23. The highest BCUT2D eigenvalue weighted by molar-refractivity contribution is 7.93. The van der Waals surface area contributed by atoms with Gasteiger partial charge in [0.15, 0.2) is 6.10 Å². The van der Waals surface area contributed by atoms with E-state index in [0.29, 0.717) is 17.1 Å². The van der Waals surface area contributed by atoms with E-state index in [1.807, 2.05) is 0 Å². The largest absolute Gasteiger partial charge is 0.479 e. The fourth-order valence-electron chi connectivity index (χ4n) is 1.48. The first-order valence-corrected chi connectivity index (χ1v) is 7.28. The van der Waals surface area contributed by atoms with Crippen LogP contribution < -0.4 is 14.8 Å². The maximum absolute atomic E-state index is 11.4. The van der Waals surface area contributed by atoms with Gasteiger partial charge in [0, 0.05) is 0 Å². The summed E-state index contributed by atoms with van der Waals surface area (Å²) < 4.78 is 30.2. The minimum absolute atomic E-state index is 0.278. The van der Waals surface area contributed by atoms with Crippen molar-refractivity contribution in [2.24, 2.45) is 0 Å². The molecule has 6 nitrogen and oxygen atoms in total. The zero-order chi connectivity index (χ0) is 13.3. The molecule has 0 aliphatic carbocycles. The summed E-state index contributed by atoms with van der Waals surface area (Å²) in [6.07, 6.45) is -0.567. The van der Waals surface area contributed by atoms with E-state index in [0.717, 1.165) is 0 Å². The number of carbonyl (C=O) groups is 1. The van der Waals surface area contributed by atoms with Crippen LogP contribution in [0.5, 0.6) is 5.75 Å². The molecule has 18 heavy (non-hydrogen) atoms. The first-order valence-electron chi connectivity index (χ1n) is 5.09. The molecule has 1 aliphatic heterocycles. The standard InChI is InChI=1S/C10H11ClN2O4S/c1-6-10(14)12-8-4-7(2-3-9(8)17-6)13-18(15,16)5-11/h2-4,6,13H,5H2,1H3,(H,12,14). The molecule has 0 spiro atoms. The number of benzene rings is 1. The van der Waals surface area contributed by atoms with Gasteiger partial charge >= 0.3 is 0 Å². The molecule has 1 heterocycles. The van der Waals surface area contributed by atoms with Gasteiger partial charge in [-0.2, -0.15) is 0 Å². The van der Waals surface area contributed by atoms with Crippen LogP contribution in [0.3, 0.4) is 0 Å². The number of amides is 1. The summed E-state index contributed by atoms with van der Waals surface area (Å²) in [5.41, 5.74) is 0.737. The number of carbonyl (C=O) groups excluding carboxylic acids is 1. The second-order valence-corrected chi connectivity index (χ2v) is 6.09. The molecule has 0 radical (unpaired) electrons. The van der Waals surface area contributed by atoms with E-state index in [2.05, 4.69) is 10.0 Å². The molecule has 1 unspecified atom stereocenters. The summed E-state index contributed by atoms with van der Waals surface area (Å²) in [6, 6.07) is 4.59. The molecule has 1 aromatic carbocycles. The molecule has 2 N–H and O–H groups in total. The Hall–Kier alpha value is -1.47. The summed E-state index contributed by atoms with van der Waals surface area (Å²) >= 11 is 5.28. The third-order valence-electron chi connectivity index (χ3n) is 2.33. The smallest absolute Gasteiger partial charge is 0.265 e. The van der Waals surface area contributed by atoms with Crippen molar-refractivity contribution in [3.8, 4) is 5.75 Å². The van der Waals surface area contributed by atoms with E-state index < -0.39 is 21.3 Å². The number of alkyl halides is 1. The van der Waals surface area contributed by atoms with Crippen molar-refractivity contribution in [1.29, 1.82) is 0 Å². The van der Waals surface area contributed by atoms with Gasteiger partial charge in [0.2, 0.25) is 10.0 Å². The zero-order valence-electron chi connectivity index (χ0n) is 9.44. The molecule has 0 saturated heterocycles. The summed E-state index contributed by atoms with van der Waals surface area (Å²) in [5.74, 6) is 0.218. The quantitative estimate of drug-likeness (QED) is 0.823. The van der Waals surface area contributed by atoms with Crippen molar-refractivity contribution in [2.75, 3.05) is 15.3 Å². The molecular formula is C10H11ClN2O4S. The third-order valence-corrected chi connectivity index (χ3v) is 4.02. The van der Waals surface area contributed by atoms with Crippen molar-refractivity contribution in [3.05, 3.63) is 18.2 Å². The molecule has 0 saturated carbocycles. The second-order valence-electron chi connectivity index (χ2n) is 3.79. The highest BCUT2D eigenvalue weighted by Crippen LogP contribution is 2.32. The molecule has 2 rings (SSSR count). The maximum atomic E-state index is 11.4. The zero-order valence-corrected chi connectivity index (χ0v) is 11.0. The third kappa shape index (κ3) is 2.68. The lowest BCUT2D eigenvalue weighted by molar-refractivity contribution is -0.122. The monoisotopic (exact) mass is 290 g/mol. The fraction of sp³-hybridized carbons (Fsp3) is 0.300.